The van der Waals surface area contributed by atoms with Gasteiger partial charge in [0.05, 0.1) is 29.1 Å². The van der Waals surface area contributed by atoms with E-state index in [1.54, 1.807) is 12.3 Å². The lowest BCUT2D eigenvalue weighted by Gasteiger charge is -2.35. The van der Waals surface area contributed by atoms with Gasteiger partial charge in [-0.05, 0) is 45.4 Å². The molecule has 9 nitrogen and oxygen atoms in total. The fourth-order valence-corrected chi connectivity index (χ4v) is 5.19. The lowest BCUT2D eigenvalue weighted by Crippen LogP contribution is -2.51. The van der Waals surface area contributed by atoms with Crippen molar-refractivity contribution in [3.05, 3.63) is 35.2 Å². The van der Waals surface area contributed by atoms with Crippen LogP contribution in [-0.4, -0.2) is 68.8 Å². The number of aromatic nitrogens is 4. The van der Waals surface area contributed by atoms with Gasteiger partial charge >= 0.3 is 0 Å². The molecular formula is C21H27ClN6O3S. The van der Waals surface area contributed by atoms with Crippen LogP contribution in [0.4, 0.5) is 5.82 Å². The number of nitrogens with one attached hydrogen (secondary N) is 1. The largest absolute Gasteiger partial charge is 0.390 e. The molecule has 1 saturated heterocycles. The molecule has 2 atom stereocenters. The van der Waals surface area contributed by atoms with Crippen LogP contribution in [0.15, 0.2) is 24.4 Å². The summed E-state index contributed by atoms with van der Waals surface area (Å²) in [6.45, 7) is 6.52. The molecule has 1 aliphatic heterocycles. The lowest BCUT2D eigenvalue weighted by molar-refractivity contribution is 0.0952. The number of piperidine rings is 1. The molecule has 4 rings (SSSR count). The van der Waals surface area contributed by atoms with Crippen LogP contribution in [0.2, 0.25) is 5.02 Å². The monoisotopic (exact) mass is 478 g/mol. The number of anilines is 1. The first-order chi connectivity index (χ1) is 15.0. The van der Waals surface area contributed by atoms with Crippen molar-refractivity contribution in [1.29, 1.82) is 0 Å². The number of fused-ring (bicyclic) bond motifs is 1. The Bertz CT molecular complexity index is 1260. The average Bonchev–Trinajstić information content (AvgIpc) is 3.05. The van der Waals surface area contributed by atoms with Crippen LogP contribution in [0.3, 0.4) is 0 Å². The van der Waals surface area contributed by atoms with Crippen molar-refractivity contribution >= 4 is 38.6 Å². The van der Waals surface area contributed by atoms with Crippen LogP contribution in [0, 0.1) is 6.92 Å². The molecule has 11 heteroatoms. The summed E-state index contributed by atoms with van der Waals surface area (Å²) < 4.78 is 26.9. The Morgan fingerprint density at radius 3 is 2.69 bits per heavy atom. The van der Waals surface area contributed by atoms with Gasteiger partial charge in [-0.2, -0.15) is 4.31 Å². The number of imidazole rings is 1. The average molecular weight is 479 g/mol. The molecule has 0 aromatic carbocycles. The van der Waals surface area contributed by atoms with E-state index in [-0.39, 0.29) is 18.6 Å². The van der Waals surface area contributed by atoms with Gasteiger partial charge in [-0.1, -0.05) is 11.6 Å². The number of sulfonamides is 1. The third-order valence-corrected chi connectivity index (χ3v) is 7.28. The Morgan fingerprint density at radius 1 is 1.28 bits per heavy atom. The van der Waals surface area contributed by atoms with E-state index in [9.17, 15) is 13.5 Å². The van der Waals surface area contributed by atoms with Crippen LogP contribution in [0.1, 0.15) is 32.1 Å². The summed E-state index contributed by atoms with van der Waals surface area (Å²) in [5.74, 6) is 1.44. The molecule has 32 heavy (non-hydrogen) atoms. The number of rotatable bonds is 5. The third-order valence-electron chi connectivity index (χ3n) is 5.71. The van der Waals surface area contributed by atoms with E-state index in [0.717, 1.165) is 23.2 Å². The van der Waals surface area contributed by atoms with Crippen LogP contribution in [0.25, 0.3) is 22.4 Å². The smallest absolute Gasteiger partial charge is 0.211 e. The first kappa shape index (κ1) is 22.9. The normalized spacial score (nSPS) is 20.2. The number of aliphatic hydroxyl groups excluding tert-OH is 1. The van der Waals surface area contributed by atoms with Crippen LogP contribution in [0.5, 0.6) is 0 Å². The second-order valence-electron chi connectivity index (χ2n) is 8.44. The molecule has 0 radical (unpaired) electrons. The molecule has 0 amide bonds. The van der Waals surface area contributed by atoms with Gasteiger partial charge < -0.3 is 15.0 Å². The minimum atomic E-state index is -3.33. The van der Waals surface area contributed by atoms with Crippen molar-refractivity contribution in [3.63, 3.8) is 0 Å². The van der Waals surface area contributed by atoms with Crippen molar-refractivity contribution in [2.75, 3.05) is 24.7 Å². The van der Waals surface area contributed by atoms with Crippen molar-refractivity contribution in [1.82, 2.24) is 23.8 Å². The maximum Gasteiger partial charge on any atom is 0.211 e. The van der Waals surface area contributed by atoms with Gasteiger partial charge in [0.15, 0.2) is 5.65 Å². The Hall–Kier alpha value is -2.27. The Morgan fingerprint density at radius 2 is 2.03 bits per heavy atom. The maximum atomic E-state index is 11.8. The minimum absolute atomic E-state index is 0.0493. The lowest BCUT2D eigenvalue weighted by atomic mass is 10.0. The zero-order valence-electron chi connectivity index (χ0n) is 18.4. The van der Waals surface area contributed by atoms with Crippen molar-refractivity contribution in [3.8, 4) is 11.3 Å². The van der Waals surface area contributed by atoms with Gasteiger partial charge in [0.2, 0.25) is 10.0 Å². The molecular weight excluding hydrogens is 452 g/mol. The van der Waals surface area contributed by atoms with Gasteiger partial charge in [0.1, 0.15) is 17.2 Å². The molecule has 1 aliphatic rings. The first-order valence-electron chi connectivity index (χ1n) is 10.5. The van der Waals surface area contributed by atoms with Gasteiger partial charge in [0, 0.05) is 30.9 Å². The molecule has 1 fully saturated rings. The second kappa shape index (κ2) is 8.58. The summed E-state index contributed by atoms with van der Waals surface area (Å²) in [5.41, 5.74) is 3.02. The number of nitrogens with zero attached hydrogens (tertiary/aromatic N) is 5. The zero-order chi connectivity index (χ0) is 23.2. The standard InChI is InChI=1S/C21H27ClN6O3S/c1-12(2)28-13(3)24-18-6-5-16(26-21(18)28)14-9-20(23-10-15(14)22)25-17-7-8-27(11-19(17)29)32(4,30)31/h5-6,9-10,12,17,19,29H,7-8,11H2,1-4H3,(H,23,25). The third kappa shape index (κ3) is 4.45. The summed E-state index contributed by atoms with van der Waals surface area (Å²) in [7, 11) is -3.33. The molecule has 172 valence electrons. The van der Waals surface area contributed by atoms with E-state index in [0.29, 0.717) is 35.1 Å². The molecule has 0 bridgehead atoms. The molecule has 3 aromatic rings. The van der Waals surface area contributed by atoms with Gasteiger partial charge in [-0.25, -0.2) is 23.4 Å². The Labute approximate surface area is 192 Å². The number of hydrogen-bond donors (Lipinski definition) is 2. The highest BCUT2D eigenvalue weighted by Gasteiger charge is 2.32. The highest BCUT2D eigenvalue weighted by atomic mass is 35.5. The van der Waals surface area contributed by atoms with Gasteiger partial charge in [-0.15, -0.1) is 0 Å². The van der Waals surface area contributed by atoms with Gasteiger partial charge in [0.25, 0.3) is 0 Å². The van der Waals surface area contributed by atoms with Crippen molar-refractivity contribution in [2.45, 2.75) is 45.4 Å². The molecule has 0 spiro atoms. The summed E-state index contributed by atoms with van der Waals surface area (Å²) in [4.78, 5) is 13.8. The molecule has 0 aliphatic carbocycles. The Balaban J connectivity index is 1.62. The van der Waals surface area contributed by atoms with Crippen LogP contribution >= 0.6 is 11.6 Å². The first-order valence-corrected chi connectivity index (χ1v) is 12.7. The summed E-state index contributed by atoms with van der Waals surface area (Å²) >= 11 is 6.45. The minimum Gasteiger partial charge on any atom is -0.390 e. The number of β-amino-alcohol motifs (C(OH)–C–C–N with tert-alkyl or cyclic N) is 1. The van der Waals surface area contributed by atoms with E-state index < -0.39 is 16.1 Å². The van der Waals surface area contributed by atoms with Crippen molar-refractivity contribution in [2.24, 2.45) is 0 Å². The van der Waals surface area contributed by atoms with E-state index in [2.05, 4.69) is 33.7 Å². The fourth-order valence-electron chi connectivity index (χ4n) is 4.13. The number of hydrogen-bond acceptors (Lipinski definition) is 7. The second-order valence-corrected chi connectivity index (χ2v) is 10.8. The van der Waals surface area contributed by atoms with E-state index >= 15 is 0 Å². The summed E-state index contributed by atoms with van der Waals surface area (Å²) in [6, 6.07) is 5.50. The summed E-state index contributed by atoms with van der Waals surface area (Å²) in [5, 5.41) is 14.1. The van der Waals surface area contributed by atoms with Crippen molar-refractivity contribution < 1.29 is 13.5 Å². The van der Waals surface area contributed by atoms with Gasteiger partial charge in [-0.3, -0.25) is 0 Å². The molecule has 2 unspecified atom stereocenters. The summed E-state index contributed by atoms with van der Waals surface area (Å²) in [6.07, 6.45) is 2.31. The molecule has 4 heterocycles. The molecule has 2 N–H and O–H groups in total. The highest BCUT2D eigenvalue weighted by molar-refractivity contribution is 7.88. The SMILES string of the molecule is Cc1nc2ccc(-c3cc(NC4CCN(S(C)(=O)=O)CC4O)ncc3Cl)nc2n1C(C)C. The van der Waals surface area contributed by atoms with Crippen LogP contribution in [-0.2, 0) is 10.0 Å². The Kier molecular flexibility index (Phi) is 6.15. The van der Waals surface area contributed by atoms with E-state index in [1.807, 2.05) is 19.1 Å². The molecule has 3 aromatic heterocycles. The predicted octanol–water partition coefficient (Wildman–Crippen LogP) is 2.84. The number of pyridine rings is 2. The fraction of sp³-hybridized carbons (Fsp3) is 0.476. The highest BCUT2D eigenvalue weighted by Crippen LogP contribution is 2.31. The quantitative estimate of drug-likeness (QED) is 0.579. The number of aliphatic hydroxyl groups is 1. The van der Waals surface area contributed by atoms with E-state index in [4.69, 9.17) is 16.6 Å². The number of halogens is 1. The topological polar surface area (TPSA) is 113 Å². The number of aryl methyl sites for hydroxylation is 1. The predicted molar refractivity (Wildman–Crippen MR) is 125 cm³/mol. The zero-order valence-corrected chi connectivity index (χ0v) is 20.0. The molecule has 0 saturated carbocycles. The maximum absolute atomic E-state index is 11.8. The van der Waals surface area contributed by atoms with Crippen LogP contribution < -0.4 is 5.32 Å². The van der Waals surface area contributed by atoms with E-state index in [1.165, 1.54) is 4.31 Å².